The van der Waals surface area contributed by atoms with Gasteiger partial charge in [0.2, 0.25) is 0 Å². The number of Topliss-reactive ketones (excluding diaryl/α,β-unsaturated/α-hetero) is 1. The number of nitrogens with zero attached hydrogens (tertiary/aromatic N) is 6. The molecule has 2 rings (SSSR count). The normalized spacial score (nSPS) is 21.9. The minimum Gasteiger partial charge on any atom is -0.362 e. The smallest absolute Gasteiger partial charge is 0.339 e. The number of carbonyl (C=O) groups is 1. The lowest BCUT2D eigenvalue weighted by Crippen LogP contribution is -2.13. The van der Waals surface area contributed by atoms with Crippen molar-refractivity contribution in [1.29, 1.82) is 5.39 Å². The summed E-state index contributed by atoms with van der Waals surface area (Å²) in [4.78, 5) is 10.5. The highest BCUT2D eigenvalue weighted by Gasteiger charge is 2.26. The third-order valence-electron chi connectivity index (χ3n) is 3.95. The lowest BCUT2D eigenvalue weighted by atomic mass is 9.95. The van der Waals surface area contributed by atoms with Gasteiger partial charge in [-0.2, -0.15) is 16.8 Å². The third kappa shape index (κ3) is 6.15. The van der Waals surface area contributed by atoms with Crippen LogP contribution >= 0.6 is 0 Å². The molecule has 0 spiro atoms. The second kappa shape index (κ2) is 9.62. The minimum absolute atomic E-state index is 0.0287. The fraction of sp³-hybridized carbons (Fsp3) is 0.118. The van der Waals surface area contributed by atoms with E-state index in [1.807, 2.05) is 0 Å². The summed E-state index contributed by atoms with van der Waals surface area (Å²) < 4.78 is 66.7. The van der Waals surface area contributed by atoms with Crippen LogP contribution in [0, 0.1) is 5.39 Å². The van der Waals surface area contributed by atoms with E-state index < -0.39 is 35.8 Å². The van der Waals surface area contributed by atoms with Crippen LogP contribution in [0.15, 0.2) is 84.5 Å². The molecule has 0 atom stereocenters. The van der Waals surface area contributed by atoms with E-state index in [2.05, 4.69) is 20.5 Å². The van der Waals surface area contributed by atoms with Crippen LogP contribution < -0.4 is 0 Å². The molecular formula is C17H14N6O7S2. The zero-order chi connectivity index (χ0) is 24.1. The largest absolute Gasteiger partial charge is 0.362 e. The molecule has 0 aromatic rings. The van der Waals surface area contributed by atoms with E-state index in [-0.39, 0.29) is 34.6 Å². The zero-order valence-electron chi connectivity index (χ0n) is 16.2. The van der Waals surface area contributed by atoms with Gasteiger partial charge in [-0.05, 0) is 53.7 Å². The molecule has 0 radical (unpaired) electrons. The first-order valence-corrected chi connectivity index (χ1v) is 11.3. The Kier molecular flexibility index (Phi) is 7.38. The lowest BCUT2D eigenvalue weighted by Gasteiger charge is -2.16. The summed E-state index contributed by atoms with van der Waals surface area (Å²) in [6, 6.07) is 0. The van der Waals surface area contributed by atoms with Crippen molar-refractivity contribution in [2.45, 2.75) is 13.3 Å². The number of hydrogen-bond donors (Lipinski definition) is 2. The molecule has 0 saturated carbocycles. The molecule has 0 amide bonds. The summed E-state index contributed by atoms with van der Waals surface area (Å²) in [5, 5.41) is 20.1. The standard InChI is InChI=1S/C17H14N6O7S2/c1-10(24)6-12(15-5-4-14(21-23-19)9-17(15)32(28,29)30)7-11-2-3-13(20-22-18)8-16(11)31(25,26)27/h2-5,7-9H,6H2,1H3,(H,25,26,27)(H,28,29,30). The maximum absolute atomic E-state index is 11.9. The van der Waals surface area contributed by atoms with Gasteiger partial charge in [0.05, 0.1) is 0 Å². The van der Waals surface area contributed by atoms with Crippen molar-refractivity contribution >= 4 is 37.4 Å². The van der Waals surface area contributed by atoms with Crippen molar-refractivity contribution < 1.29 is 30.7 Å². The molecule has 0 unspecified atom stereocenters. The maximum Gasteiger partial charge on any atom is 0.339 e. The van der Waals surface area contributed by atoms with E-state index in [9.17, 15) is 30.7 Å². The van der Waals surface area contributed by atoms with Crippen molar-refractivity contribution in [3.05, 3.63) is 79.7 Å². The summed E-state index contributed by atoms with van der Waals surface area (Å²) in [5.74, 6) is -0.434. The van der Waals surface area contributed by atoms with E-state index in [4.69, 9.17) is 10.9 Å². The van der Waals surface area contributed by atoms with Crippen LogP contribution in [0.25, 0.3) is 10.6 Å². The van der Waals surface area contributed by atoms with Crippen molar-refractivity contribution in [3.63, 3.8) is 0 Å². The molecule has 0 bridgehead atoms. The van der Waals surface area contributed by atoms with Gasteiger partial charge in [-0.25, -0.2) is 0 Å². The van der Waals surface area contributed by atoms with Gasteiger partial charge < -0.3 is 10.6 Å². The summed E-state index contributed by atoms with van der Waals surface area (Å²) in [7, 11) is -9.68. The second-order valence-corrected chi connectivity index (χ2v) is 9.06. The first-order chi connectivity index (χ1) is 14.9. The number of hydrogen-bond acceptors (Lipinski definition) is 8. The molecule has 15 heteroatoms. The van der Waals surface area contributed by atoms with Crippen LogP contribution in [0.3, 0.4) is 0 Å². The number of ketones is 1. The van der Waals surface area contributed by atoms with Gasteiger partial charge in [0, 0.05) is 6.42 Å². The highest BCUT2D eigenvalue weighted by atomic mass is 32.2. The van der Waals surface area contributed by atoms with E-state index >= 15 is 0 Å². The van der Waals surface area contributed by atoms with Gasteiger partial charge in [0.25, 0.3) is 25.6 Å². The molecular weight excluding hydrogens is 464 g/mol. The number of allylic oxidation sites excluding steroid dienone is 10. The van der Waals surface area contributed by atoms with Crippen LogP contribution in [-0.4, -0.2) is 43.1 Å². The molecule has 32 heavy (non-hydrogen) atoms. The number of rotatable bonds is 6. The van der Waals surface area contributed by atoms with Gasteiger partial charge in [-0.15, -0.1) is 0 Å². The van der Waals surface area contributed by atoms with E-state index in [0.29, 0.717) is 0 Å². The van der Waals surface area contributed by atoms with Crippen molar-refractivity contribution in [1.82, 2.24) is 0 Å². The Morgan fingerprint density at radius 1 is 1.06 bits per heavy atom. The van der Waals surface area contributed by atoms with E-state index in [1.54, 1.807) is 0 Å². The number of diazo groups is 1. The first-order valence-electron chi connectivity index (χ1n) is 8.40. The molecule has 0 aromatic heterocycles. The Hall–Kier alpha value is -3.71. The van der Waals surface area contributed by atoms with Gasteiger partial charge in [-0.3, -0.25) is 19.1 Å². The van der Waals surface area contributed by atoms with Crippen LogP contribution in [0.4, 0.5) is 0 Å². The molecule has 2 N–H and O–H groups in total. The predicted molar refractivity (Wildman–Crippen MR) is 114 cm³/mol. The summed E-state index contributed by atoms with van der Waals surface area (Å²) in [6.07, 6.45) is 7.33. The van der Waals surface area contributed by atoms with Crippen molar-refractivity contribution in [2.75, 3.05) is 0 Å². The molecule has 13 nitrogen and oxygen atoms in total. The Morgan fingerprint density at radius 2 is 1.66 bits per heavy atom. The molecule has 0 saturated heterocycles. The highest BCUT2D eigenvalue weighted by Crippen LogP contribution is 2.31. The minimum atomic E-state index is -4.86. The maximum atomic E-state index is 11.9. The first kappa shape index (κ1) is 24.6. The summed E-state index contributed by atoms with van der Waals surface area (Å²) >= 11 is 0. The van der Waals surface area contributed by atoms with Crippen molar-refractivity contribution in [2.24, 2.45) is 15.4 Å². The highest BCUT2D eigenvalue weighted by molar-refractivity contribution is 7.90. The van der Waals surface area contributed by atoms with Crippen LogP contribution in [0.1, 0.15) is 13.3 Å². The van der Waals surface area contributed by atoms with Gasteiger partial charge in [0.1, 0.15) is 15.6 Å². The van der Waals surface area contributed by atoms with Crippen LogP contribution in [0.5, 0.6) is 0 Å². The lowest BCUT2D eigenvalue weighted by molar-refractivity contribution is -0.116. The Balaban J connectivity index is 2.83. The third-order valence-corrected chi connectivity index (χ3v) is 5.76. The predicted octanol–water partition coefficient (Wildman–Crippen LogP) is 2.46. The molecule has 0 aromatic carbocycles. The summed E-state index contributed by atoms with van der Waals surface area (Å²) in [6.45, 7) is 1.20. The van der Waals surface area contributed by atoms with Gasteiger partial charge in [0.15, 0.2) is 10.8 Å². The zero-order valence-corrected chi connectivity index (χ0v) is 17.8. The SMILES string of the molecule is CC(=O)CC(C=C1C=CC(=NN=[N-])C=C1S(=O)(=O)O)=C1C=CC(=N[N+]#N)C=C1S(=O)(=O)O. The van der Waals surface area contributed by atoms with E-state index in [1.165, 1.54) is 31.2 Å². The quantitative estimate of drug-likeness (QED) is 0.249. The van der Waals surface area contributed by atoms with Crippen LogP contribution in [0.2, 0.25) is 0 Å². The van der Waals surface area contributed by atoms with Crippen molar-refractivity contribution in [3.8, 4) is 0 Å². The Labute approximate surface area is 182 Å². The second-order valence-electron chi connectivity index (χ2n) is 6.28. The van der Waals surface area contributed by atoms with Gasteiger partial charge in [-0.1, -0.05) is 18.2 Å². The van der Waals surface area contributed by atoms with E-state index in [0.717, 1.165) is 18.2 Å². The topological polar surface area (TPSA) is 213 Å². The fourth-order valence-corrected chi connectivity index (χ4v) is 4.20. The summed E-state index contributed by atoms with van der Waals surface area (Å²) in [5.41, 5.74) is 7.92. The monoisotopic (exact) mass is 478 g/mol. The molecule has 2 aliphatic carbocycles. The molecule has 166 valence electrons. The Morgan fingerprint density at radius 3 is 2.19 bits per heavy atom. The molecule has 2 aliphatic rings. The van der Waals surface area contributed by atoms with Crippen LogP contribution in [-0.2, 0) is 25.0 Å². The molecule has 0 aliphatic heterocycles. The molecule has 0 heterocycles. The fourth-order valence-electron chi connectivity index (χ4n) is 2.76. The number of carbonyl (C=O) groups excluding carboxylic acids is 1. The average molecular weight is 478 g/mol. The Bertz CT molecular complexity index is 1380. The van der Waals surface area contributed by atoms with Gasteiger partial charge >= 0.3 is 5.08 Å². The average Bonchev–Trinajstić information content (AvgIpc) is 2.67. The molecule has 0 fully saturated rings.